The predicted octanol–water partition coefficient (Wildman–Crippen LogP) is 8.38. The standard InChI is InChI=1S/C41H75NO8/c1-6-8-10-12-14-15-16-17-18-19-20-21-22-23-24-26-28-30-32-39(44)50-37(35-48-38(43)31-29-27-25-13-11-9-7-2)36-49-41(40(45)46)47-34-33-42(3,4)5/h15-16,18-19,37,41H,6-14,17,20-36H2,1-5H3/b16-15-,19-18-. The summed E-state index contributed by atoms with van der Waals surface area (Å²) >= 11 is 0. The molecule has 50 heavy (non-hydrogen) atoms. The molecule has 2 unspecified atom stereocenters. The van der Waals surface area contributed by atoms with E-state index in [2.05, 4.69) is 38.2 Å². The highest BCUT2D eigenvalue weighted by atomic mass is 16.7. The lowest BCUT2D eigenvalue weighted by atomic mass is 10.1. The Kier molecular flexibility index (Phi) is 32.4. The molecule has 0 N–H and O–H groups in total. The van der Waals surface area contributed by atoms with E-state index in [9.17, 15) is 19.5 Å². The topological polar surface area (TPSA) is 111 Å². The largest absolute Gasteiger partial charge is 0.545 e. The first-order valence-corrected chi connectivity index (χ1v) is 20.0. The van der Waals surface area contributed by atoms with E-state index < -0.39 is 24.3 Å². The number of nitrogens with zero attached hydrogens (tertiary/aromatic N) is 1. The van der Waals surface area contributed by atoms with Crippen molar-refractivity contribution in [3.8, 4) is 0 Å². The lowest BCUT2D eigenvalue weighted by Crippen LogP contribution is -2.44. The van der Waals surface area contributed by atoms with Gasteiger partial charge in [-0.15, -0.1) is 0 Å². The molecule has 0 bridgehead atoms. The predicted molar refractivity (Wildman–Crippen MR) is 200 cm³/mol. The van der Waals surface area contributed by atoms with Gasteiger partial charge in [0.1, 0.15) is 13.2 Å². The molecule has 0 rings (SSSR count). The fraction of sp³-hybridized carbons (Fsp3) is 0.829. The van der Waals surface area contributed by atoms with Gasteiger partial charge in [0.25, 0.3) is 0 Å². The summed E-state index contributed by atoms with van der Waals surface area (Å²) in [6.07, 6.45) is 30.8. The summed E-state index contributed by atoms with van der Waals surface area (Å²) in [5.41, 5.74) is 0. The number of hydrogen-bond donors (Lipinski definition) is 0. The van der Waals surface area contributed by atoms with Gasteiger partial charge in [-0.3, -0.25) is 9.59 Å². The van der Waals surface area contributed by atoms with Crippen molar-refractivity contribution in [2.24, 2.45) is 0 Å². The van der Waals surface area contributed by atoms with Gasteiger partial charge in [-0.1, -0.05) is 128 Å². The molecular formula is C41H75NO8. The SMILES string of the molecule is CCCCCC/C=C\C/C=C\CCCCCCCCCC(=O)OC(COC(=O)CCCCCCCCC)COC(OCC[N+](C)(C)C)C(=O)[O-]. The number of esters is 2. The van der Waals surface area contributed by atoms with Crippen LogP contribution in [-0.4, -0.2) is 82.3 Å². The maximum atomic E-state index is 12.7. The number of allylic oxidation sites excluding steroid dienone is 4. The van der Waals surface area contributed by atoms with Gasteiger partial charge in [0.05, 0.1) is 40.3 Å². The summed E-state index contributed by atoms with van der Waals surface area (Å²) in [5.74, 6) is -2.30. The minimum Gasteiger partial charge on any atom is -0.545 e. The van der Waals surface area contributed by atoms with Crippen LogP contribution in [0.4, 0.5) is 0 Å². The Bertz CT molecular complexity index is 882. The van der Waals surface area contributed by atoms with E-state index in [1.165, 1.54) is 77.0 Å². The minimum absolute atomic E-state index is 0.147. The maximum absolute atomic E-state index is 12.7. The number of aliphatic carboxylic acids is 1. The van der Waals surface area contributed by atoms with Gasteiger partial charge in [-0.05, 0) is 44.9 Å². The molecule has 2 atom stereocenters. The highest BCUT2D eigenvalue weighted by Gasteiger charge is 2.21. The Labute approximate surface area is 306 Å². The van der Waals surface area contributed by atoms with Crippen LogP contribution in [0.3, 0.4) is 0 Å². The van der Waals surface area contributed by atoms with E-state index in [1.807, 2.05) is 21.1 Å². The number of carboxylic acids is 1. The lowest BCUT2D eigenvalue weighted by Gasteiger charge is -2.26. The van der Waals surface area contributed by atoms with Gasteiger partial charge in [0, 0.05) is 12.8 Å². The van der Waals surface area contributed by atoms with Gasteiger partial charge >= 0.3 is 11.9 Å². The first kappa shape index (κ1) is 47.8. The van der Waals surface area contributed by atoms with Crippen LogP contribution >= 0.6 is 0 Å². The van der Waals surface area contributed by atoms with Crippen molar-refractivity contribution in [2.45, 2.75) is 174 Å². The van der Waals surface area contributed by atoms with E-state index in [0.29, 0.717) is 23.9 Å². The Balaban J connectivity index is 4.42. The Hall–Kier alpha value is -2.23. The quantitative estimate of drug-likeness (QED) is 0.0210. The zero-order valence-corrected chi connectivity index (χ0v) is 32.8. The molecule has 0 spiro atoms. The number of carbonyl (C=O) groups is 3. The third-order valence-corrected chi connectivity index (χ3v) is 8.45. The lowest BCUT2D eigenvalue weighted by molar-refractivity contribution is -0.870. The highest BCUT2D eigenvalue weighted by Crippen LogP contribution is 2.13. The van der Waals surface area contributed by atoms with Gasteiger partial charge in [-0.2, -0.15) is 0 Å². The molecule has 0 aromatic rings. The average molecular weight is 710 g/mol. The van der Waals surface area contributed by atoms with Crippen LogP contribution in [0.15, 0.2) is 24.3 Å². The summed E-state index contributed by atoms with van der Waals surface area (Å²) in [5, 5.41) is 11.6. The summed E-state index contributed by atoms with van der Waals surface area (Å²) in [6.45, 7) is 4.65. The minimum atomic E-state index is -1.62. The maximum Gasteiger partial charge on any atom is 0.306 e. The summed E-state index contributed by atoms with van der Waals surface area (Å²) in [6, 6.07) is 0. The molecule has 0 aromatic carbocycles. The molecule has 0 saturated heterocycles. The van der Waals surface area contributed by atoms with Crippen molar-refractivity contribution in [1.29, 1.82) is 0 Å². The molecule has 0 fully saturated rings. The molecule has 292 valence electrons. The van der Waals surface area contributed by atoms with Crippen molar-refractivity contribution in [2.75, 3.05) is 47.5 Å². The van der Waals surface area contributed by atoms with Crippen LogP contribution < -0.4 is 5.11 Å². The van der Waals surface area contributed by atoms with Gasteiger partial charge < -0.3 is 33.3 Å². The number of ether oxygens (including phenoxy) is 4. The summed E-state index contributed by atoms with van der Waals surface area (Å²) < 4.78 is 22.4. The van der Waals surface area contributed by atoms with Crippen molar-refractivity contribution >= 4 is 17.9 Å². The number of carbonyl (C=O) groups excluding carboxylic acids is 3. The van der Waals surface area contributed by atoms with Gasteiger partial charge in [-0.25, -0.2) is 0 Å². The number of rotatable bonds is 36. The van der Waals surface area contributed by atoms with Crippen molar-refractivity contribution < 1.29 is 42.9 Å². The van der Waals surface area contributed by atoms with Crippen molar-refractivity contribution in [3.63, 3.8) is 0 Å². The van der Waals surface area contributed by atoms with Crippen molar-refractivity contribution in [3.05, 3.63) is 24.3 Å². The molecule has 9 heteroatoms. The van der Waals surface area contributed by atoms with Crippen LogP contribution in [0.5, 0.6) is 0 Å². The average Bonchev–Trinajstić information content (AvgIpc) is 3.06. The molecule has 0 aliphatic carbocycles. The number of hydrogen-bond acceptors (Lipinski definition) is 8. The molecule has 0 amide bonds. The fourth-order valence-corrected chi connectivity index (χ4v) is 5.27. The number of quaternary nitrogens is 1. The van der Waals surface area contributed by atoms with Crippen LogP contribution in [0.1, 0.15) is 162 Å². The van der Waals surface area contributed by atoms with E-state index in [1.54, 1.807) is 0 Å². The highest BCUT2D eigenvalue weighted by molar-refractivity contribution is 5.70. The molecule has 0 aliphatic heterocycles. The normalized spacial score (nSPS) is 13.2. The second-order valence-electron chi connectivity index (χ2n) is 14.6. The number of likely N-dealkylation sites (N-methyl/N-ethyl adjacent to an activating group) is 1. The van der Waals surface area contributed by atoms with E-state index in [0.717, 1.165) is 51.4 Å². The van der Waals surface area contributed by atoms with Gasteiger partial charge in [0.15, 0.2) is 12.4 Å². The van der Waals surface area contributed by atoms with Crippen molar-refractivity contribution in [1.82, 2.24) is 0 Å². The zero-order valence-electron chi connectivity index (χ0n) is 32.8. The summed E-state index contributed by atoms with van der Waals surface area (Å²) in [7, 11) is 5.89. The molecule has 0 saturated carbocycles. The second kappa shape index (κ2) is 33.9. The van der Waals surface area contributed by atoms with Gasteiger partial charge in [0.2, 0.25) is 0 Å². The summed E-state index contributed by atoms with van der Waals surface area (Å²) in [4.78, 5) is 36.6. The molecule has 9 nitrogen and oxygen atoms in total. The Morgan fingerprint density at radius 3 is 1.60 bits per heavy atom. The smallest absolute Gasteiger partial charge is 0.306 e. The zero-order chi connectivity index (χ0) is 37.1. The second-order valence-corrected chi connectivity index (χ2v) is 14.6. The Morgan fingerprint density at radius 1 is 0.600 bits per heavy atom. The first-order valence-electron chi connectivity index (χ1n) is 20.0. The number of carboxylic acid groups (broad SMARTS) is 1. The van der Waals surface area contributed by atoms with E-state index >= 15 is 0 Å². The molecule has 0 aliphatic rings. The molecule has 0 radical (unpaired) electrons. The van der Waals surface area contributed by atoms with E-state index in [4.69, 9.17) is 18.9 Å². The third kappa shape index (κ3) is 34.2. The van der Waals surface area contributed by atoms with Crippen LogP contribution in [0, 0.1) is 0 Å². The third-order valence-electron chi connectivity index (χ3n) is 8.45. The first-order chi connectivity index (χ1) is 24.1. The monoisotopic (exact) mass is 710 g/mol. The molecule has 0 heterocycles. The molecule has 0 aromatic heterocycles. The van der Waals surface area contributed by atoms with E-state index in [-0.39, 0.29) is 32.2 Å². The Morgan fingerprint density at radius 2 is 1.08 bits per heavy atom. The van der Waals surface area contributed by atoms with Crippen LogP contribution in [0.2, 0.25) is 0 Å². The molecular weight excluding hydrogens is 634 g/mol. The fourth-order valence-electron chi connectivity index (χ4n) is 5.27. The van der Waals surface area contributed by atoms with Crippen LogP contribution in [-0.2, 0) is 33.3 Å². The number of unbranched alkanes of at least 4 members (excludes halogenated alkanes) is 17. The van der Waals surface area contributed by atoms with Crippen LogP contribution in [0.25, 0.3) is 0 Å².